The molecule has 156 valence electrons. The largest absolute Gasteiger partial charge is 0.416 e. The normalized spacial score (nSPS) is 14.7. The van der Waals surface area contributed by atoms with Crippen LogP contribution in [0.25, 0.3) is 0 Å². The van der Waals surface area contributed by atoms with Crippen LogP contribution in [0.5, 0.6) is 0 Å². The Morgan fingerprint density at radius 2 is 1.87 bits per heavy atom. The average Bonchev–Trinajstić information content (AvgIpc) is 3.11. The Hall–Kier alpha value is -2.90. The first-order valence-corrected chi connectivity index (χ1v) is 9.69. The van der Waals surface area contributed by atoms with Gasteiger partial charge in [0.1, 0.15) is 12.0 Å². The Labute approximate surface area is 172 Å². The number of alkyl halides is 3. The first-order valence-electron chi connectivity index (χ1n) is 9.69. The van der Waals surface area contributed by atoms with Gasteiger partial charge < -0.3 is 15.7 Å². The number of rotatable bonds is 4. The lowest BCUT2D eigenvalue weighted by molar-refractivity contribution is -0.137. The molecule has 1 aliphatic rings. The Morgan fingerprint density at radius 1 is 1.10 bits per heavy atom. The van der Waals surface area contributed by atoms with E-state index in [1.54, 1.807) is 6.07 Å². The molecule has 1 aliphatic heterocycles. The van der Waals surface area contributed by atoms with Crippen LogP contribution in [-0.4, -0.2) is 16.6 Å². The number of halogens is 3. The fraction of sp³-hybridized carbons (Fsp3) is 0.261. The number of aryl methyl sites for hydroxylation is 1. The number of nitrogens with two attached hydrogens (primary N) is 1. The van der Waals surface area contributed by atoms with Crippen LogP contribution in [0, 0.1) is 6.92 Å². The third-order valence-electron chi connectivity index (χ3n) is 5.32. The third-order valence-corrected chi connectivity index (χ3v) is 5.32. The molecule has 1 aromatic heterocycles. The Balaban J connectivity index is 1.66. The van der Waals surface area contributed by atoms with E-state index in [0.29, 0.717) is 24.1 Å². The highest BCUT2D eigenvalue weighted by Gasteiger charge is 2.30. The van der Waals surface area contributed by atoms with Crippen molar-refractivity contribution < 1.29 is 18.3 Å². The predicted molar refractivity (Wildman–Crippen MR) is 110 cm³/mol. The molecule has 3 N–H and O–H groups in total. The minimum absolute atomic E-state index is 0.378. The van der Waals surface area contributed by atoms with Crippen molar-refractivity contribution in [1.29, 1.82) is 0 Å². The summed E-state index contributed by atoms with van der Waals surface area (Å²) in [6.45, 7) is 2.56. The number of benzene rings is 2. The summed E-state index contributed by atoms with van der Waals surface area (Å²) in [6, 6.07) is 14.8. The van der Waals surface area contributed by atoms with Gasteiger partial charge in [-0.2, -0.15) is 13.2 Å². The zero-order valence-corrected chi connectivity index (χ0v) is 16.4. The van der Waals surface area contributed by atoms with E-state index >= 15 is 0 Å². The van der Waals surface area contributed by atoms with Gasteiger partial charge in [-0.3, -0.25) is 0 Å². The van der Waals surface area contributed by atoms with Gasteiger partial charge >= 0.3 is 6.18 Å². The molecule has 30 heavy (non-hydrogen) atoms. The molecule has 2 heterocycles. The molecular formula is C23H22F3N3O. The quantitative estimate of drug-likeness (QED) is 0.612. The van der Waals surface area contributed by atoms with Gasteiger partial charge in [-0.25, -0.2) is 4.98 Å². The van der Waals surface area contributed by atoms with Crippen molar-refractivity contribution in [1.82, 2.24) is 4.98 Å². The van der Waals surface area contributed by atoms with Gasteiger partial charge in [-0.15, -0.1) is 0 Å². The van der Waals surface area contributed by atoms with E-state index in [0.717, 1.165) is 40.8 Å². The van der Waals surface area contributed by atoms with Gasteiger partial charge in [0.15, 0.2) is 0 Å². The highest BCUT2D eigenvalue weighted by molar-refractivity contribution is 5.70. The monoisotopic (exact) mass is 413 g/mol. The summed E-state index contributed by atoms with van der Waals surface area (Å²) in [5.74, 6) is 0.736. The number of anilines is 2. The molecule has 0 saturated carbocycles. The highest BCUT2D eigenvalue weighted by Crippen LogP contribution is 2.37. The van der Waals surface area contributed by atoms with Crippen molar-refractivity contribution in [2.75, 3.05) is 11.4 Å². The smallest absolute Gasteiger partial charge is 0.375 e. The predicted octanol–water partition coefficient (Wildman–Crippen LogP) is 4.64. The van der Waals surface area contributed by atoms with Crippen LogP contribution >= 0.6 is 0 Å². The lowest BCUT2D eigenvalue weighted by Gasteiger charge is -2.21. The van der Waals surface area contributed by atoms with E-state index < -0.39 is 18.0 Å². The summed E-state index contributed by atoms with van der Waals surface area (Å²) in [5.41, 5.74) is 9.96. The molecule has 7 heteroatoms. The van der Waals surface area contributed by atoms with Gasteiger partial charge in [0.05, 0.1) is 5.56 Å². The summed E-state index contributed by atoms with van der Waals surface area (Å²) in [6.07, 6.45) is -4.29. The molecule has 0 bridgehead atoms. The number of aliphatic hydroxyl groups excluding tert-OH is 1. The lowest BCUT2D eigenvalue weighted by Crippen LogP contribution is -2.15. The highest BCUT2D eigenvalue weighted by atomic mass is 19.4. The van der Waals surface area contributed by atoms with Crippen LogP contribution in [-0.2, 0) is 19.0 Å². The zero-order chi connectivity index (χ0) is 21.5. The second-order valence-corrected chi connectivity index (χ2v) is 7.54. The average molecular weight is 413 g/mol. The Kier molecular flexibility index (Phi) is 5.26. The maximum Gasteiger partial charge on any atom is 0.416 e. The van der Waals surface area contributed by atoms with Crippen molar-refractivity contribution in [3.63, 3.8) is 0 Å². The molecule has 0 amide bonds. The second kappa shape index (κ2) is 7.74. The van der Waals surface area contributed by atoms with Gasteiger partial charge in [0.2, 0.25) is 0 Å². The maximum absolute atomic E-state index is 13.0. The van der Waals surface area contributed by atoms with E-state index in [1.807, 2.05) is 37.3 Å². The fourth-order valence-corrected chi connectivity index (χ4v) is 4.03. The van der Waals surface area contributed by atoms with E-state index in [1.165, 1.54) is 12.1 Å². The van der Waals surface area contributed by atoms with Crippen molar-refractivity contribution in [3.8, 4) is 0 Å². The lowest BCUT2D eigenvalue weighted by atomic mass is 10.0. The molecular weight excluding hydrogens is 391 g/mol. The number of hydrogen-bond donors (Lipinski definition) is 2. The van der Waals surface area contributed by atoms with E-state index in [2.05, 4.69) is 9.88 Å². The standard InChI is InChI=1S/C23H22F3N3O/c1-14-10-16(11-15-4-2-5-17(12-15)23(24,25)26)13-21(28-14)29-9-8-18-19(22(27)30)6-3-7-20(18)29/h2-7,10,12-13,22,30H,8-9,11,27H2,1H3. The van der Waals surface area contributed by atoms with Gasteiger partial charge in [0.25, 0.3) is 0 Å². The van der Waals surface area contributed by atoms with Crippen molar-refractivity contribution in [2.24, 2.45) is 5.73 Å². The zero-order valence-electron chi connectivity index (χ0n) is 16.4. The van der Waals surface area contributed by atoms with Crippen LogP contribution in [0.15, 0.2) is 54.6 Å². The Bertz CT molecular complexity index is 1080. The van der Waals surface area contributed by atoms with Crippen LogP contribution in [0.2, 0.25) is 0 Å². The number of fused-ring (bicyclic) bond motifs is 1. The first-order chi connectivity index (χ1) is 14.2. The molecule has 0 fully saturated rings. The van der Waals surface area contributed by atoms with Crippen LogP contribution in [0.4, 0.5) is 24.7 Å². The summed E-state index contributed by atoms with van der Waals surface area (Å²) >= 11 is 0. The van der Waals surface area contributed by atoms with Crippen LogP contribution < -0.4 is 10.6 Å². The minimum Gasteiger partial charge on any atom is -0.375 e. The molecule has 2 aromatic carbocycles. The number of aliphatic hydroxyl groups is 1. The third kappa shape index (κ3) is 4.04. The van der Waals surface area contributed by atoms with Gasteiger partial charge in [0, 0.05) is 23.5 Å². The molecule has 0 aliphatic carbocycles. The van der Waals surface area contributed by atoms with Crippen molar-refractivity contribution >= 4 is 11.5 Å². The van der Waals surface area contributed by atoms with Crippen molar-refractivity contribution in [3.05, 3.63) is 88.1 Å². The summed E-state index contributed by atoms with van der Waals surface area (Å²) in [5, 5.41) is 9.84. The molecule has 0 radical (unpaired) electrons. The first kappa shape index (κ1) is 20.4. The minimum atomic E-state index is -4.36. The summed E-state index contributed by atoms with van der Waals surface area (Å²) < 4.78 is 39.1. The van der Waals surface area contributed by atoms with E-state index in [-0.39, 0.29) is 0 Å². The van der Waals surface area contributed by atoms with Gasteiger partial charge in [-0.1, -0.05) is 30.3 Å². The SMILES string of the molecule is Cc1cc(Cc2cccc(C(F)(F)F)c2)cc(N2CCc3c(C(N)O)cccc32)n1. The molecule has 0 saturated heterocycles. The van der Waals surface area contributed by atoms with E-state index in [9.17, 15) is 18.3 Å². The molecule has 0 spiro atoms. The molecule has 4 rings (SSSR count). The molecule has 4 nitrogen and oxygen atoms in total. The number of aromatic nitrogens is 1. The molecule has 1 unspecified atom stereocenters. The van der Waals surface area contributed by atoms with E-state index in [4.69, 9.17) is 5.73 Å². The molecule has 1 atom stereocenters. The number of hydrogen-bond acceptors (Lipinski definition) is 4. The fourth-order valence-electron chi connectivity index (χ4n) is 4.03. The van der Waals surface area contributed by atoms with Crippen molar-refractivity contribution in [2.45, 2.75) is 32.2 Å². The van der Waals surface area contributed by atoms with Crippen LogP contribution in [0.3, 0.4) is 0 Å². The summed E-state index contributed by atoms with van der Waals surface area (Å²) in [7, 11) is 0. The van der Waals surface area contributed by atoms with Gasteiger partial charge in [-0.05, 0) is 60.7 Å². The molecule has 3 aromatic rings. The number of nitrogens with zero attached hydrogens (tertiary/aromatic N) is 2. The second-order valence-electron chi connectivity index (χ2n) is 7.54. The Morgan fingerprint density at radius 3 is 2.60 bits per heavy atom. The topological polar surface area (TPSA) is 62.4 Å². The number of pyridine rings is 1. The van der Waals surface area contributed by atoms with Crippen LogP contribution in [0.1, 0.15) is 39.7 Å². The maximum atomic E-state index is 13.0. The summed E-state index contributed by atoms with van der Waals surface area (Å²) in [4.78, 5) is 6.70.